The number of nitrogens with two attached hydrogens (primary N) is 1. The van der Waals surface area contributed by atoms with E-state index in [1.54, 1.807) is 0 Å². The number of phenolic OH excluding ortho intramolecular Hbond substituents is 1. The third-order valence-corrected chi connectivity index (χ3v) is 1.24. The van der Waals surface area contributed by atoms with Crippen molar-refractivity contribution in [3.63, 3.8) is 0 Å². The molecule has 0 saturated heterocycles. The predicted octanol–water partition coefficient (Wildman–Crippen LogP) is -2.00. The third-order valence-electron chi connectivity index (χ3n) is 1.24. The molecule has 0 atom stereocenters. The SMILES string of the molecule is Nc1cccc([N+](=O)[O-])c1O.[H-].[K+]. The molecule has 0 amide bonds. The van der Waals surface area contributed by atoms with Crippen LogP contribution in [0.25, 0.3) is 0 Å². The number of rotatable bonds is 1. The van der Waals surface area contributed by atoms with Gasteiger partial charge in [0.1, 0.15) is 0 Å². The van der Waals surface area contributed by atoms with Gasteiger partial charge in [-0.3, -0.25) is 10.1 Å². The normalized spacial score (nSPS) is 8.67. The van der Waals surface area contributed by atoms with E-state index in [0.717, 1.165) is 0 Å². The second-order valence-corrected chi connectivity index (χ2v) is 1.97. The molecule has 0 saturated carbocycles. The molecule has 5 nitrogen and oxygen atoms in total. The Morgan fingerprint density at radius 3 is 2.58 bits per heavy atom. The molecular formula is C6H7KN2O3. The van der Waals surface area contributed by atoms with Crippen molar-refractivity contribution in [1.82, 2.24) is 0 Å². The van der Waals surface area contributed by atoms with Crippen molar-refractivity contribution >= 4 is 11.4 Å². The number of phenols is 1. The Labute approximate surface area is 113 Å². The molecule has 0 fully saturated rings. The van der Waals surface area contributed by atoms with E-state index >= 15 is 0 Å². The zero-order valence-corrected chi connectivity index (χ0v) is 9.64. The molecule has 0 unspecified atom stereocenters. The van der Waals surface area contributed by atoms with E-state index in [1.165, 1.54) is 18.2 Å². The molecule has 6 heteroatoms. The summed E-state index contributed by atoms with van der Waals surface area (Å²) in [6.45, 7) is 0. The van der Waals surface area contributed by atoms with Crippen LogP contribution in [-0.2, 0) is 0 Å². The summed E-state index contributed by atoms with van der Waals surface area (Å²) in [5.74, 6) is -0.475. The van der Waals surface area contributed by atoms with Gasteiger partial charge in [0.05, 0.1) is 10.6 Å². The Hall–Kier alpha value is -0.144. The van der Waals surface area contributed by atoms with E-state index in [-0.39, 0.29) is 64.2 Å². The van der Waals surface area contributed by atoms with E-state index in [1.807, 2.05) is 0 Å². The van der Waals surface area contributed by atoms with Crippen LogP contribution in [0.4, 0.5) is 11.4 Å². The smallest absolute Gasteiger partial charge is 1.00 e. The number of hydrogen-bond donors (Lipinski definition) is 2. The van der Waals surface area contributed by atoms with Gasteiger partial charge < -0.3 is 12.3 Å². The van der Waals surface area contributed by atoms with Gasteiger partial charge in [-0.15, -0.1) is 0 Å². The second-order valence-electron chi connectivity index (χ2n) is 1.97. The van der Waals surface area contributed by atoms with Gasteiger partial charge in [0, 0.05) is 6.07 Å². The number of nitrogens with zero attached hydrogens (tertiary/aromatic N) is 1. The van der Waals surface area contributed by atoms with Crippen molar-refractivity contribution in [2.45, 2.75) is 0 Å². The minimum Gasteiger partial charge on any atom is -1.00 e. The van der Waals surface area contributed by atoms with Gasteiger partial charge in [0.15, 0.2) is 0 Å². The molecule has 0 aliphatic rings. The van der Waals surface area contributed by atoms with Gasteiger partial charge in [-0.2, -0.15) is 0 Å². The number of nitrogen functional groups attached to an aromatic ring is 1. The van der Waals surface area contributed by atoms with E-state index < -0.39 is 10.7 Å². The molecule has 3 N–H and O–H groups in total. The van der Waals surface area contributed by atoms with Crippen LogP contribution in [0.5, 0.6) is 5.75 Å². The minimum absolute atomic E-state index is 0. The van der Waals surface area contributed by atoms with E-state index in [2.05, 4.69) is 0 Å². The standard InChI is InChI=1S/C6H6N2O3.K.H/c7-4-2-1-3-5(6(4)9)8(10)11;;/h1-3,9H,7H2;;/q;+1;-1. The first-order valence-corrected chi connectivity index (χ1v) is 2.85. The summed E-state index contributed by atoms with van der Waals surface area (Å²) in [6.07, 6.45) is 0. The Morgan fingerprint density at radius 1 is 1.58 bits per heavy atom. The number of nitro benzene ring substituents is 1. The van der Waals surface area contributed by atoms with E-state index in [4.69, 9.17) is 10.8 Å². The molecule has 0 aliphatic heterocycles. The van der Waals surface area contributed by atoms with Crippen LogP contribution in [0.15, 0.2) is 18.2 Å². The topological polar surface area (TPSA) is 89.4 Å². The van der Waals surface area contributed by atoms with Gasteiger partial charge in [-0.25, -0.2) is 0 Å². The molecule has 0 aromatic heterocycles. The Bertz CT molecular complexity index is 308. The molecule has 60 valence electrons. The predicted molar refractivity (Wildman–Crippen MR) is 40.3 cm³/mol. The summed E-state index contributed by atoms with van der Waals surface area (Å²) in [7, 11) is 0. The van der Waals surface area contributed by atoms with Crippen LogP contribution in [0.2, 0.25) is 0 Å². The first-order valence-electron chi connectivity index (χ1n) is 2.85. The Morgan fingerprint density at radius 2 is 2.17 bits per heavy atom. The number of nitro groups is 1. The van der Waals surface area contributed by atoms with Crippen molar-refractivity contribution in [1.29, 1.82) is 0 Å². The van der Waals surface area contributed by atoms with E-state index in [9.17, 15) is 10.1 Å². The molecule has 1 aromatic rings. The summed E-state index contributed by atoms with van der Waals surface area (Å²) < 4.78 is 0. The van der Waals surface area contributed by atoms with Gasteiger partial charge in [-0.05, 0) is 6.07 Å². The number of anilines is 1. The van der Waals surface area contributed by atoms with Crippen LogP contribution in [0.1, 0.15) is 1.43 Å². The minimum atomic E-state index is -0.689. The van der Waals surface area contributed by atoms with Crippen LogP contribution >= 0.6 is 0 Å². The Balaban J connectivity index is 0. The van der Waals surface area contributed by atoms with Crippen molar-refractivity contribution in [2.75, 3.05) is 5.73 Å². The van der Waals surface area contributed by atoms with E-state index in [0.29, 0.717) is 0 Å². The van der Waals surface area contributed by atoms with Crippen LogP contribution in [0, 0.1) is 10.1 Å². The average molecular weight is 194 g/mol. The molecule has 1 aromatic carbocycles. The fourth-order valence-corrected chi connectivity index (χ4v) is 0.696. The first-order chi connectivity index (χ1) is 5.13. The summed E-state index contributed by atoms with van der Waals surface area (Å²) in [5.41, 5.74) is 4.85. The molecule has 12 heavy (non-hydrogen) atoms. The fourth-order valence-electron chi connectivity index (χ4n) is 0.696. The third kappa shape index (κ3) is 2.42. The van der Waals surface area contributed by atoms with Gasteiger partial charge >= 0.3 is 57.1 Å². The quantitative estimate of drug-likeness (QED) is 0.178. The van der Waals surface area contributed by atoms with Crippen molar-refractivity contribution in [3.8, 4) is 5.75 Å². The number of benzene rings is 1. The summed E-state index contributed by atoms with van der Waals surface area (Å²) in [4.78, 5) is 9.48. The monoisotopic (exact) mass is 194 g/mol. The van der Waals surface area contributed by atoms with Crippen LogP contribution in [0.3, 0.4) is 0 Å². The van der Waals surface area contributed by atoms with Crippen molar-refractivity contribution in [3.05, 3.63) is 28.3 Å². The molecular weight excluding hydrogens is 187 g/mol. The fraction of sp³-hybridized carbons (Fsp3) is 0. The first kappa shape index (κ1) is 11.9. The largest absolute Gasteiger partial charge is 1.00 e. The zero-order valence-electron chi connectivity index (χ0n) is 7.52. The molecule has 0 aliphatic carbocycles. The average Bonchev–Trinajstić information content (AvgIpc) is 1.94. The van der Waals surface area contributed by atoms with Crippen molar-refractivity contribution in [2.24, 2.45) is 0 Å². The summed E-state index contributed by atoms with van der Waals surface area (Å²) >= 11 is 0. The van der Waals surface area contributed by atoms with Crippen LogP contribution in [-0.4, -0.2) is 10.0 Å². The van der Waals surface area contributed by atoms with Gasteiger partial charge in [0.2, 0.25) is 5.75 Å². The number of hydrogen-bond acceptors (Lipinski definition) is 4. The molecule has 1 rings (SSSR count). The van der Waals surface area contributed by atoms with Crippen molar-refractivity contribution < 1.29 is 62.8 Å². The molecule has 0 bridgehead atoms. The molecule has 0 radical (unpaired) electrons. The summed E-state index contributed by atoms with van der Waals surface area (Å²) in [6, 6.07) is 3.99. The Kier molecular flexibility index (Phi) is 4.72. The molecule has 0 spiro atoms. The molecule has 0 heterocycles. The van der Waals surface area contributed by atoms with Gasteiger partial charge in [0.25, 0.3) is 0 Å². The maximum absolute atomic E-state index is 10.2. The maximum atomic E-state index is 10.2. The number of aromatic hydroxyl groups is 1. The van der Waals surface area contributed by atoms with Gasteiger partial charge in [-0.1, -0.05) is 6.07 Å². The zero-order chi connectivity index (χ0) is 8.43. The maximum Gasteiger partial charge on any atom is 1.00 e. The van der Waals surface area contributed by atoms with Crippen LogP contribution < -0.4 is 57.1 Å². The summed E-state index contributed by atoms with van der Waals surface area (Å²) in [5, 5.41) is 19.2. The number of para-hydroxylation sites is 1. The second kappa shape index (κ2) is 4.78.